The molecular formula is C28H31F3N6O. The molecule has 200 valence electrons. The van der Waals surface area contributed by atoms with Gasteiger partial charge in [0.05, 0.1) is 23.3 Å². The summed E-state index contributed by atoms with van der Waals surface area (Å²) in [7, 11) is 2.04. The van der Waals surface area contributed by atoms with Gasteiger partial charge >= 0.3 is 0 Å². The maximum absolute atomic E-state index is 15.2. The van der Waals surface area contributed by atoms with Crippen LogP contribution in [0.25, 0.3) is 11.3 Å². The van der Waals surface area contributed by atoms with E-state index >= 15 is 4.39 Å². The maximum atomic E-state index is 15.2. The number of hydrogen-bond acceptors (Lipinski definition) is 7. The Bertz CT molecular complexity index is 1370. The summed E-state index contributed by atoms with van der Waals surface area (Å²) in [5.41, 5.74) is 2.20. The Morgan fingerprint density at radius 2 is 1.74 bits per heavy atom. The molecule has 3 aromatic rings. The summed E-state index contributed by atoms with van der Waals surface area (Å²) < 4.78 is 50.8. The van der Waals surface area contributed by atoms with E-state index in [1.165, 1.54) is 12.1 Å². The Labute approximate surface area is 220 Å². The van der Waals surface area contributed by atoms with Crippen molar-refractivity contribution in [1.82, 2.24) is 14.9 Å². The first-order chi connectivity index (χ1) is 18.1. The zero-order valence-electron chi connectivity index (χ0n) is 21.9. The molecule has 1 unspecified atom stereocenters. The molecule has 1 atom stereocenters. The van der Waals surface area contributed by atoms with Crippen molar-refractivity contribution in [3.8, 4) is 17.0 Å². The lowest BCUT2D eigenvalue weighted by Gasteiger charge is -2.39. The molecule has 2 aliphatic heterocycles. The molecule has 0 saturated carbocycles. The minimum atomic E-state index is -0.716. The monoisotopic (exact) mass is 524 g/mol. The number of benzene rings is 2. The van der Waals surface area contributed by atoms with E-state index in [4.69, 9.17) is 4.74 Å². The maximum Gasteiger partial charge on any atom is 0.227 e. The van der Waals surface area contributed by atoms with Gasteiger partial charge < -0.3 is 24.8 Å². The number of nitrogens with one attached hydrogen (secondary N) is 1. The normalized spacial score (nSPS) is 18.0. The Kier molecular flexibility index (Phi) is 6.92. The van der Waals surface area contributed by atoms with Gasteiger partial charge in [0.15, 0.2) is 17.4 Å². The van der Waals surface area contributed by atoms with E-state index in [1.54, 1.807) is 25.1 Å². The number of piperazine rings is 1. The van der Waals surface area contributed by atoms with Crippen LogP contribution in [0.3, 0.4) is 0 Å². The molecule has 0 aliphatic carbocycles. The molecule has 1 fully saturated rings. The molecule has 0 spiro atoms. The topological polar surface area (TPSA) is 56.8 Å². The van der Waals surface area contributed by atoms with Gasteiger partial charge in [-0.15, -0.1) is 0 Å². The molecule has 1 N–H and O–H groups in total. The number of rotatable bonds is 5. The molecule has 2 aliphatic rings. The number of likely N-dealkylation sites (N-methyl/N-ethyl adjacent to an activating group) is 1. The standard InChI is InChI=1S/C28H31F3N6O/c1-16(2)37-17(3)18(4)38-27-22(30)12-19(13-25(27)37)26-23(31)15-32-28(34-26)33-20-6-7-24(21(29)14-20)36-10-8-35(5)9-11-36/h6-7,12-16,18H,3,8-11H2,1-2,4-5H3,(H,32,33,34). The van der Waals surface area contributed by atoms with Gasteiger partial charge in [-0.05, 0) is 58.2 Å². The number of fused-ring (bicyclic) bond motifs is 1. The van der Waals surface area contributed by atoms with Crippen molar-refractivity contribution in [3.05, 3.63) is 66.3 Å². The van der Waals surface area contributed by atoms with E-state index in [1.807, 2.05) is 30.7 Å². The Balaban J connectivity index is 1.44. The summed E-state index contributed by atoms with van der Waals surface area (Å²) in [6.07, 6.45) is 0.606. The van der Waals surface area contributed by atoms with Crippen LogP contribution in [-0.4, -0.2) is 60.2 Å². The van der Waals surface area contributed by atoms with Crippen LogP contribution in [0.1, 0.15) is 20.8 Å². The lowest BCUT2D eigenvalue weighted by molar-refractivity contribution is 0.229. The molecular weight excluding hydrogens is 493 g/mol. The van der Waals surface area contributed by atoms with E-state index in [-0.39, 0.29) is 34.8 Å². The minimum Gasteiger partial charge on any atom is -0.479 e. The highest BCUT2D eigenvalue weighted by molar-refractivity contribution is 5.75. The molecule has 2 aromatic carbocycles. The van der Waals surface area contributed by atoms with E-state index in [0.29, 0.717) is 22.8 Å². The SMILES string of the molecule is C=C1C(C)Oc2c(F)cc(-c3nc(Nc4ccc(N5CCN(C)CC5)c(F)c4)ncc3F)cc2N1C(C)C. The van der Waals surface area contributed by atoms with Crippen molar-refractivity contribution in [2.75, 3.05) is 48.3 Å². The predicted molar refractivity (Wildman–Crippen MR) is 144 cm³/mol. The Hall–Kier alpha value is -3.79. The van der Waals surface area contributed by atoms with Crippen LogP contribution in [0.4, 0.5) is 36.2 Å². The van der Waals surface area contributed by atoms with Crippen molar-refractivity contribution < 1.29 is 17.9 Å². The molecule has 5 rings (SSSR count). The minimum absolute atomic E-state index is 0.0292. The number of halogens is 3. The largest absolute Gasteiger partial charge is 0.479 e. The first kappa shape index (κ1) is 25.8. The van der Waals surface area contributed by atoms with Crippen LogP contribution < -0.4 is 19.9 Å². The van der Waals surface area contributed by atoms with Crippen molar-refractivity contribution in [2.45, 2.75) is 32.9 Å². The van der Waals surface area contributed by atoms with Gasteiger partial charge in [0.1, 0.15) is 17.6 Å². The van der Waals surface area contributed by atoms with Gasteiger partial charge in [-0.25, -0.2) is 23.1 Å². The molecule has 7 nitrogen and oxygen atoms in total. The molecule has 0 radical (unpaired) electrons. The highest BCUT2D eigenvalue weighted by Crippen LogP contribution is 2.43. The van der Waals surface area contributed by atoms with Crippen molar-refractivity contribution in [3.63, 3.8) is 0 Å². The fraction of sp³-hybridized carbons (Fsp3) is 0.357. The van der Waals surface area contributed by atoms with Gasteiger partial charge in [-0.1, -0.05) is 6.58 Å². The summed E-state index contributed by atoms with van der Waals surface area (Å²) in [5, 5.41) is 2.94. The van der Waals surface area contributed by atoms with Crippen LogP contribution in [0, 0.1) is 17.5 Å². The lowest BCUT2D eigenvalue weighted by Crippen LogP contribution is -2.44. The Morgan fingerprint density at radius 3 is 2.42 bits per heavy atom. The third-order valence-electron chi connectivity index (χ3n) is 6.94. The number of nitrogens with zero attached hydrogens (tertiary/aromatic N) is 5. The van der Waals surface area contributed by atoms with E-state index in [2.05, 4.69) is 26.8 Å². The van der Waals surface area contributed by atoms with E-state index < -0.39 is 17.7 Å². The van der Waals surface area contributed by atoms with Crippen LogP contribution in [0.5, 0.6) is 5.75 Å². The Morgan fingerprint density at radius 1 is 1.00 bits per heavy atom. The predicted octanol–water partition coefficient (Wildman–Crippen LogP) is 5.57. The number of aromatic nitrogens is 2. The first-order valence-electron chi connectivity index (χ1n) is 12.6. The molecule has 1 saturated heterocycles. The van der Waals surface area contributed by atoms with E-state index in [9.17, 15) is 8.78 Å². The van der Waals surface area contributed by atoms with Gasteiger partial charge in [0, 0.05) is 43.5 Å². The fourth-order valence-corrected chi connectivity index (χ4v) is 4.86. The summed E-state index contributed by atoms with van der Waals surface area (Å²) in [5.74, 6) is -1.57. The van der Waals surface area contributed by atoms with Crippen molar-refractivity contribution >= 4 is 23.0 Å². The molecule has 38 heavy (non-hydrogen) atoms. The average Bonchev–Trinajstić information content (AvgIpc) is 2.87. The third-order valence-corrected chi connectivity index (χ3v) is 6.94. The highest BCUT2D eigenvalue weighted by atomic mass is 19.1. The van der Waals surface area contributed by atoms with Gasteiger partial charge in [-0.3, -0.25) is 0 Å². The second kappa shape index (κ2) is 10.2. The van der Waals surface area contributed by atoms with Crippen LogP contribution in [0.15, 0.2) is 48.8 Å². The fourth-order valence-electron chi connectivity index (χ4n) is 4.86. The third kappa shape index (κ3) is 4.88. The molecule has 3 heterocycles. The zero-order chi connectivity index (χ0) is 27.1. The van der Waals surface area contributed by atoms with Gasteiger partial charge in [0.25, 0.3) is 0 Å². The van der Waals surface area contributed by atoms with Crippen molar-refractivity contribution in [2.24, 2.45) is 0 Å². The first-order valence-corrected chi connectivity index (χ1v) is 12.6. The summed E-state index contributed by atoms with van der Waals surface area (Å²) >= 11 is 0. The van der Waals surface area contributed by atoms with E-state index in [0.717, 1.165) is 32.4 Å². The second-order valence-electron chi connectivity index (χ2n) is 9.99. The number of hydrogen-bond donors (Lipinski definition) is 1. The van der Waals surface area contributed by atoms with Crippen LogP contribution in [-0.2, 0) is 0 Å². The lowest BCUT2D eigenvalue weighted by atomic mass is 10.0. The zero-order valence-corrected chi connectivity index (χ0v) is 21.9. The van der Waals surface area contributed by atoms with Crippen LogP contribution in [0.2, 0.25) is 0 Å². The second-order valence-corrected chi connectivity index (χ2v) is 9.99. The average molecular weight is 525 g/mol. The molecule has 10 heteroatoms. The highest BCUT2D eigenvalue weighted by Gasteiger charge is 2.32. The molecule has 0 bridgehead atoms. The summed E-state index contributed by atoms with van der Waals surface area (Å²) in [6.45, 7) is 13.0. The summed E-state index contributed by atoms with van der Waals surface area (Å²) in [6, 6.07) is 7.60. The van der Waals surface area contributed by atoms with Crippen molar-refractivity contribution in [1.29, 1.82) is 0 Å². The van der Waals surface area contributed by atoms with Gasteiger partial charge in [0.2, 0.25) is 5.95 Å². The summed E-state index contributed by atoms with van der Waals surface area (Å²) in [4.78, 5) is 14.4. The number of anilines is 4. The molecule has 0 amide bonds. The molecule has 1 aromatic heterocycles. The smallest absolute Gasteiger partial charge is 0.227 e. The quantitative estimate of drug-likeness (QED) is 0.469. The van der Waals surface area contributed by atoms with Gasteiger partial charge in [-0.2, -0.15) is 0 Å². The van der Waals surface area contributed by atoms with Crippen LogP contribution >= 0.6 is 0 Å². The number of ether oxygens (including phenoxy) is 1.